The SMILES string of the molecule is CC(c1ccc(N2CC(=O)NS2(=O)=O)c(OCc2ccccc2)c1)n1cncn1. The standard InChI is InChI=1S/C19H19N5O4S/c1-14(23-13-20-12-21-23)16-7-8-17(24-10-19(25)22-29(24,26)27)18(9-16)28-11-15-5-3-2-4-6-15/h2-9,12-14H,10-11H2,1H3,(H,22,25). The molecule has 1 unspecified atom stereocenters. The van der Waals surface area contributed by atoms with Gasteiger partial charge in [-0.2, -0.15) is 13.5 Å². The lowest BCUT2D eigenvalue weighted by atomic mass is 10.1. The van der Waals surface area contributed by atoms with Crippen molar-refractivity contribution in [3.05, 3.63) is 72.3 Å². The number of amides is 1. The Morgan fingerprint density at radius 2 is 2.00 bits per heavy atom. The summed E-state index contributed by atoms with van der Waals surface area (Å²) >= 11 is 0. The van der Waals surface area contributed by atoms with Gasteiger partial charge in [0.15, 0.2) is 0 Å². The lowest BCUT2D eigenvalue weighted by molar-refractivity contribution is -0.117. The molecule has 2 heterocycles. The number of hydrogen-bond donors (Lipinski definition) is 1. The van der Waals surface area contributed by atoms with Gasteiger partial charge in [-0.3, -0.25) is 4.79 Å². The predicted molar refractivity (Wildman–Crippen MR) is 105 cm³/mol. The summed E-state index contributed by atoms with van der Waals surface area (Å²) in [7, 11) is -3.94. The second-order valence-corrected chi connectivity index (χ2v) is 8.18. The topological polar surface area (TPSA) is 106 Å². The van der Waals surface area contributed by atoms with E-state index in [0.29, 0.717) is 11.4 Å². The predicted octanol–water partition coefficient (Wildman–Crippen LogP) is 1.65. The number of nitrogens with one attached hydrogen (secondary N) is 1. The number of carbonyl (C=O) groups excluding carboxylic acids is 1. The first-order valence-corrected chi connectivity index (χ1v) is 10.4. The number of ether oxygens (including phenoxy) is 1. The Hall–Kier alpha value is -3.40. The number of benzene rings is 2. The summed E-state index contributed by atoms with van der Waals surface area (Å²) in [5, 5.41) is 4.15. The van der Waals surface area contributed by atoms with Crippen molar-refractivity contribution in [2.45, 2.75) is 19.6 Å². The first kappa shape index (κ1) is 18.9. The highest BCUT2D eigenvalue weighted by Crippen LogP contribution is 2.35. The monoisotopic (exact) mass is 413 g/mol. The van der Waals surface area contributed by atoms with Crippen LogP contribution >= 0.6 is 0 Å². The Morgan fingerprint density at radius 1 is 1.21 bits per heavy atom. The number of hydrogen-bond acceptors (Lipinski definition) is 6. The van der Waals surface area contributed by atoms with Crippen LogP contribution in [0.15, 0.2) is 61.2 Å². The van der Waals surface area contributed by atoms with Crippen LogP contribution in [-0.2, 0) is 21.6 Å². The fourth-order valence-corrected chi connectivity index (χ4v) is 4.24. The van der Waals surface area contributed by atoms with Crippen LogP contribution < -0.4 is 13.8 Å². The molecule has 3 aromatic rings. The van der Waals surface area contributed by atoms with Crippen molar-refractivity contribution in [2.24, 2.45) is 0 Å². The molecule has 10 heteroatoms. The van der Waals surface area contributed by atoms with Crippen molar-refractivity contribution in [2.75, 3.05) is 10.8 Å². The van der Waals surface area contributed by atoms with Crippen molar-refractivity contribution in [1.29, 1.82) is 0 Å². The van der Waals surface area contributed by atoms with E-state index in [2.05, 4.69) is 10.1 Å². The van der Waals surface area contributed by atoms with Gasteiger partial charge in [0.1, 0.15) is 31.6 Å². The highest BCUT2D eigenvalue weighted by atomic mass is 32.2. The quantitative estimate of drug-likeness (QED) is 0.659. The van der Waals surface area contributed by atoms with Crippen molar-refractivity contribution >= 4 is 21.8 Å². The second kappa shape index (κ2) is 7.55. The van der Waals surface area contributed by atoms with E-state index in [9.17, 15) is 13.2 Å². The Morgan fingerprint density at radius 3 is 2.66 bits per heavy atom. The highest BCUT2D eigenvalue weighted by Gasteiger charge is 2.36. The molecule has 1 amide bonds. The second-order valence-electron chi connectivity index (χ2n) is 6.59. The Balaban J connectivity index is 1.70. The van der Waals surface area contributed by atoms with Gasteiger partial charge in [-0.05, 0) is 30.2 Å². The van der Waals surface area contributed by atoms with Gasteiger partial charge in [0.25, 0.3) is 5.91 Å². The van der Waals surface area contributed by atoms with Crippen LogP contribution in [0.3, 0.4) is 0 Å². The minimum atomic E-state index is -3.94. The molecule has 1 saturated heterocycles. The van der Waals surface area contributed by atoms with Gasteiger partial charge in [0.05, 0.1) is 11.7 Å². The van der Waals surface area contributed by atoms with E-state index < -0.39 is 16.1 Å². The third-order valence-electron chi connectivity index (χ3n) is 4.63. The van der Waals surface area contributed by atoms with Crippen LogP contribution in [0, 0.1) is 0 Å². The van der Waals surface area contributed by atoms with E-state index in [4.69, 9.17) is 4.74 Å². The first-order chi connectivity index (χ1) is 13.9. The summed E-state index contributed by atoms with van der Waals surface area (Å²) in [6, 6.07) is 14.6. The number of carbonyl (C=O) groups is 1. The Labute approximate surface area is 168 Å². The molecule has 0 bridgehead atoms. The molecule has 1 aromatic heterocycles. The maximum absolute atomic E-state index is 12.3. The molecule has 2 aromatic carbocycles. The number of anilines is 1. The van der Waals surface area contributed by atoms with Gasteiger partial charge in [-0.1, -0.05) is 36.4 Å². The van der Waals surface area contributed by atoms with E-state index >= 15 is 0 Å². The maximum Gasteiger partial charge on any atom is 0.326 e. The molecule has 0 saturated carbocycles. The molecule has 1 atom stereocenters. The minimum Gasteiger partial charge on any atom is -0.487 e. The summed E-state index contributed by atoms with van der Waals surface area (Å²) in [5.74, 6) is -0.225. The van der Waals surface area contributed by atoms with Gasteiger partial charge >= 0.3 is 10.2 Å². The maximum atomic E-state index is 12.3. The van der Waals surface area contributed by atoms with Crippen molar-refractivity contribution in [3.63, 3.8) is 0 Å². The Bertz CT molecular complexity index is 1120. The normalized spacial score (nSPS) is 16.4. The fraction of sp³-hybridized carbons (Fsp3) is 0.211. The van der Waals surface area contributed by atoms with Gasteiger partial charge in [0, 0.05) is 0 Å². The molecule has 150 valence electrons. The number of aromatic nitrogens is 3. The fourth-order valence-electron chi connectivity index (χ4n) is 3.08. The van der Waals surface area contributed by atoms with Crippen LogP contribution in [0.1, 0.15) is 24.1 Å². The first-order valence-electron chi connectivity index (χ1n) is 8.92. The number of rotatable bonds is 6. The van der Waals surface area contributed by atoms with Crippen LogP contribution in [0.4, 0.5) is 5.69 Å². The minimum absolute atomic E-state index is 0.138. The Kier molecular flexibility index (Phi) is 4.93. The zero-order valence-corrected chi connectivity index (χ0v) is 16.4. The lowest BCUT2D eigenvalue weighted by Gasteiger charge is -2.21. The molecule has 0 aliphatic carbocycles. The molecule has 4 rings (SSSR count). The van der Waals surface area contributed by atoms with Crippen LogP contribution in [0.2, 0.25) is 0 Å². The van der Waals surface area contributed by atoms with Gasteiger partial charge in [-0.25, -0.2) is 18.7 Å². The van der Waals surface area contributed by atoms with E-state index in [1.807, 2.05) is 42.0 Å². The molecule has 29 heavy (non-hydrogen) atoms. The van der Waals surface area contributed by atoms with E-state index in [1.54, 1.807) is 29.2 Å². The summed E-state index contributed by atoms with van der Waals surface area (Å²) < 4.78 is 35.3. The van der Waals surface area contributed by atoms with E-state index in [0.717, 1.165) is 15.4 Å². The molecule has 1 fully saturated rings. The summed E-state index contributed by atoms with van der Waals surface area (Å²) in [6.07, 6.45) is 3.06. The summed E-state index contributed by atoms with van der Waals surface area (Å²) in [5.41, 5.74) is 2.10. The molecule has 9 nitrogen and oxygen atoms in total. The lowest BCUT2D eigenvalue weighted by Crippen LogP contribution is -2.30. The van der Waals surface area contributed by atoms with Gasteiger partial charge < -0.3 is 4.74 Å². The molecule has 0 spiro atoms. The third kappa shape index (κ3) is 3.92. The number of nitrogens with zero attached hydrogens (tertiary/aromatic N) is 4. The van der Waals surface area contributed by atoms with Crippen LogP contribution in [0.25, 0.3) is 0 Å². The molecule has 1 aliphatic heterocycles. The van der Waals surface area contributed by atoms with Gasteiger partial charge in [0.2, 0.25) is 0 Å². The van der Waals surface area contributed by atoms with Crippen molar-refractivity contribution in [1.82, 2.24) is 19.5 Å². The van der Waals surface area contributed by atoms with Crippen LogP contribution in [-0.4, -0.2) is 35.6 Å². The molecular weight excluding hydrogens is 394 g/mol. The zero-order chi connectivity index (χ0) is 20.4. The van der Waals surface area contributed by atoms with E-state index in [1.165, 1.54) is 6.33 Å². The average molecular weight is 413 g/mol. The van der Waals surface area contributed by atoms with Crippen molar-refractivity contribution < 1.29 is 17.9 Å². The molecule has 1 N–H and O–H groups in total. The van der Waals surface area contributed by atoms with Crippen molar-refractivity contribution in [3.8, 4) is 5.75 Å². The zero-order valence-electron chi connectivity index (χ0n) is 15.6. The van der Waals surface area contributed by atoms with Crippen LogP contribution in [0.5, 0.6) is 5.75 Å². The molecule has 1 aliphatic rings. The average Bonchev–Trinajstić information content (AvgIpc) is 3.33. The third-order valence-corrected chi connectivity index (χ3v) is 6.02. The molecule has 0 radical (unpaired) electrons. The summed E-state index contributed by atoms with van der Waals surface area (Å²) in [6.45, 7) is 1.91. The molecular formula is C19H19N5O4S. The van der Waals surface area contributed by atoms with E-state index in [-0.39, 0.29) is 19.2 Å². The van der Waals surface area contributed by atoms with Gasteiger partial charge in [-0.15, -0.1) is 0 Å². The summed E-state index contributed by atoms with van der Waals surface area (Å²) in [4.78, 5) is 15.6. The smallest absolute Gasteiger partial charge is 0.326 e. The highest BCUT2D eigenvalue weighted by molar-refractivity contribution is 7.92. The largest absolute Gasteiger partial charge is 0.487 e.